The highest BCUT2D eigenvalue weighted by atomic mass is 19.1. The van der Waals surface area contributed by atoms with Gasteiger partial charge in [-0.2, -0.15) is 0 Å². The van der Waals surface area contributed by atoms with Crippen molar-refractivity contribution in [2.75, 3.05) is 5.32 Å². The second-order valence-electron chi connectivity index (χ2n) is 3.94. The zero-order chi connectivity index (χ0) is 13.3. The molecule has 1 N–H and O–H groups in total. The van der Waals surface area contributed by atoms with Crippen molar-refractivity contribution in [1.29, 1.82) is 0 Å². The van der Waals surface area contributed by atoms with Crippen LogP contribution in [0.1, 0.15) is 21.9 Å². The van der Waals surface area contributed by atoms with Gasteiger partial charge < -0.3 is 9.73 Å². The third kappa shape index (κ3) is 2.56. The molecule has 0 saturated carbocycles. The second kappa shape index (κ2) is 4.60. The molecule has 0 spiro atoms. The monoisotopic (exact) mass is 251 g/mol. The molecule has 0 unspecified atom stereocenters. The highest BCUT2D eigenvalue weighted by Crippen LogP contribution is 2.17. The van der Waals surface area contributed by atoms with Crippen molar-refractivity contribution in [2.24, 2.45) is 0 Å². The Morgan fingerprint density at radius 3 is 2.22 bits per heavy atom. The number of halogens is 2. The van der Waals surface area contributed by atoms with E-state index in [2.05, 4.69) is 5.32 Å². The molecule has 0 aliphatic carbocycles. The molecule has 0 atom stereocenters. The van der Waals surface area contributed by atoms with Crippen molar-refractivity contribution in [2.45, 2.75) is 13.8 Å². The number of rotatable bonds is 2. The summed E-state index contributed by atoms with van der Waals surface area (Å²) in [6.07, 6.45) is 0. The number of aryl methyl sites for hydroxylation is 2. The maximum absolute atomic E-state index is 13.0. The Morgan fingerprint density at radius 1 is 1.11 bits per heavy atom. The van der Waals surface area contributed by atoms with Gasteiger partial charge in [-0.1, -0.05) is 0 Å². The molecule has 0 fully saturated rings. The molecule has 1 aromatic carbocycles. The number of benzene rings is 1. The van der Waals surface area contributed by atoms with Gasteiger partial charge >= 0.3 is 0 Å². The number of hydrogen-bond donors (Lipinski definition) is 1. The molecule has 1 heterocycles. The summed E-state index contributed by atoms with van der Waals surface area (Å²) in [5.41, 5.74) is 0.410. The normalized spacial score (nSPS) is 10.4. The third-order valence-electron chi connectivity index (χ3n) is 2.41. The fourth-order valence-electron chi connectivity index (χ4n) is 1.68. The summed E-state index contributed by atoms with van der Waals surface area (Å²) in [5.74, 6) is -0.893. The van der Waals surface area contributed by atoms with E-state index in [0.29, 0.717) is 17.1 Å². The number of nitrogens with one attached hydrogen (secondary N) is 1. The van der Waals surface area contributed by atoms with Crippen LogP contribution in [0.5, 0.6) is 0 Å². The molecular formula is C13H11F2NO2. The van der Waals surface area contributed by atoms with Crippen molar-refractivity contribution >= 4 is 11.6 Å². The summed E-state index contributed by atoms with van der Waals surface area (Å²) < 4.78 is 31.1. The van der Waals surface area contributed by atoms with Gasteiger partial charge in [0, 0.05) is 11.8 Å². The van der Waals surface area contributed by atoms with Crippen LogP contribution in [0.4, 0.5) is 14.5 Å². The predicted octanol–water partition coefficient (Wildman–Crippen LogP) is 3.43. The number of amides is 1. The minimum atomic E-state index is -0.745. The molecule has 3 nitrogen and oxygen atoms in total. The van der Waals surface area contributed by atoms with E-state index in [0.717, 1.165) is 18.2 Å². The fourth-order valence-corrected chi connectivity index (χ4v) is 1.68. The lowest BCUT2D eigenvalue weighted by atomic mass is 10.2. The number of hydrogen-bond acceptors (Lipinski definition) is 2. The maximum atomic E-state index is 13.0. The Balaban J connectivity index is 2.23. The Hall–Kier alpha value is -2.17. The van der Waals surface area contributed by atoms with Gasteiger partial charge in [0.2, 0.25) is 0 Å². The molecule has 18 heavy (non-hydrogen) atoms. The zero-order valence-corrected chi connectivity index (χ0v) is 9.88. The average Bonchev–Trinajstić information content (AvgIpc) is 2.56. The van der Waals surface area contributed by atoms with E-state index in [1.54, 1.807) is 19.9 Å². The lowest BCUT2D eigenvalue weighted by Crippen LogP contribution is -2.12. The van der Waals surface area contributed by atoms with Crippen molar-refractivity contribution in [3.8, 4) is 0 Å². The highest BCUT2D eigenvalue weighted by Gasteiger charge is 2.14. The van der Waals surface area contributed by atoms with Gasteiger partial charge in [-0.25, -0.2) is 8.78 Å². The van der Waals surface area contributed by atoms with Crippen LogP contribution in [0.3, 0.4) is 0 Å². The molecule has 0 radical (unpaired) electrons. The van der Waals surface area contributed by atoms with E-state index in [1.165, 1.54) is 0 Å². The van der Waals surface area contributed by atoms with E-state index >= 15 is 0 Å². The van der Waals surface area contributed by atoms with E-state index in [4.69, 9.17) is 4.42 Å². The molecule has 0 aliphatic rings. The third-order valence-corrected chi connectivity index (χ3v) is 2.41. The second-order valence-corrected chi connectivity index (χ2v) is 3.94. The minimum absolute atomic E-state index is 0.0655. The van der Waals surface area contributed by atoms with Crippen LogP contribution in [0, 0.1) is 25.5 Å². The van der Waals surface area contributed by atoms with E-state index < -0.39 is 17.5 Å². The first-order chi connectivity index (χ1) is 8.45. The van der Waals surface area contributed by atoms with Crippen LogP contribution in [0.25, 0.3) is 0 Å². The maximum Gasteiger partial charge on any atom is 0.259 e. The molecule has 94 valence electrons. The van der Waals surface area contributed by atoms with Crippen molar-refractivity contribution in [3.63, 3.8) is 0 Å². The first kappa shape index (κ1) is 12.3. The van der Waals surface area contributed by atoms with Crippen molar-refractivity contribution in [1.82, 2.24) is 0 Å². The van der Waals surface area contributed by atoms with Crippen LogP contribution in [0.2, 0.25) is 0 Å². The molecule has 0 saturated heterocycles. The molecular weight excluding hydrogens is 240 g/mol. The van der Waals surface area contributed by atoms with Gasteiger partial charge in [0.1, 0.15) is 23.2 Å². The SMILES string of the molecule is Cc1cc(C(=O)Nc2cc(F)cc(F)c2)c(C)o1. The summed E-state index contributed by atoms with van der Waals surface area (Å²) in [6.45, 7) is 3.36. The fraction of sp³-hybridized carbons (Fsp3) is 0.154. The Morgan fingerprint density at radius 2 is 1.72 bits per heavy atom. The van der Waals surface area contributed by atoms with Crippen LogP contribution in [-0.4, -0.2) is 5.91 Å². The van der Waals surface area contributed by atoms with E-state index in [-0.39, 0.29) is 5.69 Å². The molecule has 0 aliphatic heterocycles. The van der Waals surface area contributed by atoms with E-state index in [9.17, 15) is 13.6 Å². The zero-order valence-electron chi connectivity index (χ0n) is 9.88. The van der Waals surface area contributed by atoms with Crippen LogP contribution in [0.15, 0.2) is 28.7 Å². The van der Waals surface area contributed by atoms with Gasteiger partial charge in [0.25, 0.3) is 5.91 Å². The number of carbonyl (C=O) groups is 1. The Kier molecular flexibility index (Phi) is 3.14. The summed E-state index contributed by atoms with van der Waals surface area (Å²) in [7, 11) is 0. The summed E-state index contributed by atoms with van der Waals surface area (Å²) in [5, 5.41) is 2.42. The van der Waals surface area contributed by atoms with Gasteiger partial charge in [0.15, 0.2) is 0 Å². The first-order valence-electron chi connectivity index (χ1n) is 5.30. The van der Waals surface area contributed by atoms with Crippen molar-refractivity contribution in [3.05, 3.63) is 53.0 Å². The molecule has 1 aromatic heterocycles. The molecule has 2 rings (SSSR count). The van der Waals surface area contributed by atoms with Crippen LogP contribution < -0.4 is 5.32 Å². The van der Waals surface area contributed by atoms with Gasteiger partial charge in [0.05, 0.1) is 5.56 Å². The summed E-state index contributed by atoms with van der Waals surface area (Å²) in [4.78, 5) is 11.9. The van der Waals surface area contributed by atoms with Crippen LogP contribution in [-0.2, 0) is 0 Å². The average molecular weight is 251 g/mol. The molecule has 0 bridgehead atoms. The molecule has 1 amide bonds. The predicted molar refractivity (Wildman–Crippen MR) is 62.5 cm³/mol. The van der Waals surface area contributed by atoms with Gasteiger partial charge in [-0.3, -0.25) is 4.79 Å². The minimum Gasteiger partial charge on any atom is -0.466 e. The highest BCUT2D eigenvalue weighted by molar-refractivity contribution is 6.05. The van der Waals surface area contributed by atoms with Crippen molar-refractivity contribution < 1.29 is 18.0 Å². The number of anilines is 1. The summed E-state index contributed by atoms with van der Waals surface area (Å²) >= 11 is 0. The van der Waals surface area contributed by atoms with Gasteiger partial charge in [-0.05, 0) is 32.0 Å². The largest absolute Gasteiger partial charge is 0.466 e. The topological polar surface area (TPSA) is 42.2 Å². The summed E-state index contributed by atoms with van der Waals surface area (Å²) in [6, 6.07) is 4.40. The standard InChI is InChI=1S/C13H11F2NO2/c1-7-3-12(8(2)18-7)13(17)16-11-5-9(14)4-10(15)6-11/h3-6H,1-2H3,(H,16,17). The lowest BCUT2D eigenvalue weighted by Gasteiger charge is -2.04. The van der Waals surface area contributed by atoms with Gasteiger partial charge in [-0.15, -0.1) is 0 Å². The first-order valence-corrected chi connectivity index (χ1v) is 5.30. The molecule has 2 aromatic rings. The quantitative estimate of drug-likeness (QED) is 0.888. The Bertz CT molecular complexity index is 585. The Labute approximate surface area is 102 Å². The lowest BCUT2D eigenvalue weighted by molar-refractivity contribution is 0.102. The number of carbonyl (C=O) groups excluding carboxylic acids is 1. The van der Waals surface area contributed by atoms with Crippen LogP contribution >= 0.6 is 0 Å². The van der Waals surface area contributed by atoms with E-state index in [1.807, 2.05) is 0 Å². The smallest absolute Gasteiger partial charge is 0.259 e. The molecule has 5 heteroatoms. The number of furan rings is 1.